The van der Waals surface area contributed by atoms with E-state index < -0.39 is 5.60 Å². The highest BCUT2D eigenvalue weighted by molar-refractivity contribution is 9.10. The van der Waals surface area contributed by atoms with Crippen molar-refractivity contribution in [2.45, 2.75) is 45.8 Å². The van der Waals surface area contributed by atoms with E-state index in [-0.39, 0.29) is 12.0 Å². The first-order valence-corrected chi connectivity index (χ1v) is 8.72. The number of rotatable bonds is 7. The summed E-state index contributed by atoms with van der Waals surface area (Å²) in [4.78, 5) is 14.1. The monoisotopic (exact) mass is 401 g/mol. The molecule has 0 spiro atoms. The molecular weight excluding hydrogens is 374 g/mol. The minimum atomic E-state index is -0.474. The van der Waals surface area contributed by atoms with E-state index in [0.717, 1.165) is 16.5 Å². The van der Waals surface area contributed by atoms with Gasteiger partial charge in [0.25, 0.3) is 0 Å². The van der Waals surface area contributed by atoms with Crippen LogP contribution in [0, 0.1) is 0 Å². The summed E-state index contributed by atoms with van der Waals surface area (Å²) in [5.41, 5.74) is 0.620. The molecule has 0 radical (unpaired) electrons. The van der Waals surface area contributed by atoms with Crippen molar-refractivity contribution in [1.29, 1.82) is 0 Å². The highest BCUT2D eigenvalue weighted by atomic mass is 79.9. The Hall–Kier alpha value is -1.27. The average Bonchev–Trinajstić information content (AvgIpc) is 2.50. The van der Waals surface area contributed by atoms with Crippen LogP contribution in [0.15, 0.2) is 16.6 Å². The van der Waals surface area contributed by atoms with Gasteiger partial charge >= 0.3 is 5.97 Å². The number of hydrogen-bond donors (Lipinski definition) is 0. The van der Waals surface area contributed by atoms with Gasteiger partial charge in [-0.2, -0.15) is 0 Å². The lowest BCUT2D eigenvalue weighted by Gasteiger charge is -2.27. The normalized spacial score (nSPS) is 12.9. The Kier molecular flexibility index (Phi) is 7.55. The molecule has 6 heteroatoms. The Morgan fingerprint density at radius 2 is 1.75 bits per heavy atom. The molecular formula is C18H28BrNO4. The van der Waals surface area contributed by atoms with Crippen molar-refractivity contribution >= 4 is 21.9 Å². The number of esters is 1. The zero-order chi connectivity index (χ0) is 18.5. The smallest absolute Gasteiger partial charge is 0.323 e. The lowest BCUT2D eigenvalue weighted by atomic mass is 10.1. The van der Waals surface area contributed by atoms with Gasteiger partial charge in [0.1, 0.15) is 11.6 Å². The van der Waals surface area contributed by atoms with E-state index in [4.69, 9.17) is 14.2 Å². The minimum absolute atomic E-state index is 0.212. The molecule has 1 unspecified atom stereocenters. The van der Waals surface area contributed by atoms with E-state index in [1.165, 1.54) is 0 Å². The maximum Gasteiger partial charge on any atom is 0.323 e. The highest BCUT2D eigenvalue weighted by Crippen LogP contribution is 2.33. The van der Waals surface area contributed by atoms with Gasteiger partial charge in [0.05, 0.1) is 14.2 Å². The molecule has 1 rings (SSSR count). The fourth-order valence-electron chi connectivity index (χ4n) is 2.15. The minimum Gasteiger partial charge on any atom is -0.493 e. The third kappa shape index (κ3) is 5.98. The van der Waals surface area contributed by atoms with Crippen LogP contribution in [0.5, 0.6) is 11.5 Å². The summed E-state index contributed by atoms with van der Waals surface area (Å²) in [5, 5.41) is 0. The maximum absolute atomic E-state index is 12.2. The highest BCUT2D eigenvalue weighted by Gasteiger charge is 2.24. The molecule has 0 saturated heterocycles. The van der Waals surface area contributed by atoms with Gasteiger partial charge in [-0.05, 0) is 58.9 Å². The number of hydrogen-bond acceptors (Lipinski definition) is 5. The van der Waals surface area contributed by atoms with Gasteiger partial charge in [0.2, 0.25) is 0 Å². The number of halogens is 1. The zero-order valence-corrected chi connectivity index (χ0v) is 17.2. The lowest BCUT2D eigenvalue weighted by Crippen LogP contribution is -2.41. The molecule has 24 heavy (non-hydrogen) atoms. The number of nitrogens with zero attached hydrogens (tertiary/aromatic N) is 1. The fourth-order valence-corrected chi connectivity index (χ4v) is 2.67. The van der Waals surface area contributed by atoms with Crippen molar-refractivity contribution in [2.75, 3.05) is 27.8 Å². The van der Waals surface area contributed by atoms with Crippen LogP contribution in [0.3, 0.4) is 0 Å². The molecule has 0 aliphatic rings. The Bertz CT molecular complexity index is 569. The second kappa shape index (κ2) is 8.72. The molecule has 0 aliphatic carbocycles. The molecule has 136 valence electrons. The molecule has 0 bridgehead atoms. The molecule has 0 saturated carbocycles. The lowest BCUT2D eigenvalue weighted by molar-refractivity contribution is -0.160. The van der Waals surface area contributed by atoms with E-state index in [2.05, 4.69) is 15.9 Å². The summed E-state index contributed by atoms with van der Waals surface area (Å²) in [7, 11) is 5.15. The first-order valence-electron chi connectivity index (χ1n) is 7.92. The summed E-state index contributed by atoms with van der Waals surface area (Å²) in [6, 6.07) is 3.54. The Morgan fingerprint density at radius 1 is 1.21 bits per heavy atom. The summed E-state index contributed by atoms with van der Waals surface area (Å²) >= 11 is 3.56. The Morgan fingerprint density at radius 3 is 2.25 bits per heavy atom. The van der Waals surface area contributed by atoms with Crippen molar-refractivity contribution in [3.05, 3.63) is 22.2 Å². The van der Waals surface area contributed by atoms with Gasteiger partial charge in [-0.25, -0.2) is 0 Å². The van der Waals surface area contributed by atoms with Gasteiger partial charge < -0.3 is 14.2 Å². The van der Waals surface area contributed by atoms with Crippen LogP contribution in [0.2, 0.25) is 0 Å². The Labute approximate surface area is 153 Å². The number of ether oxygens (including phenoxy) is 3. The van der Waals surface area contributed by atoms with E-state index >= 15 is 0 Å². The van der Waals surface area contributed by atoms with Crippen molar-refractivity contribution < 1.29 is 19.0 Å². The number of carbonyl (C=O) groups is 1. The topological polar surface area (TPSA) is 48.0 Å². The molecule has 0 amide bonds. The Balaban J connectivity index is 2.73. The molecule has 0 aliphatic heterocycles. The third-order valence-electron chi connectivity index (χ3n) is 3.70. The van der Waals surface area contributed by atoms with Crippen LogP contribution in [-0.2, 0) is 16.0 Å². The second-order valence-corrected chi connectivity index (χ2v) is 7.59. The summed E-state index contributed by atoms with van der Waals surface area (Å²) in [6.45, 7) is 8.20. The van der Waals surface area contributed by atoms with Crippen LogP contribution >= 0.6 is 15.9 Å². The van der Waals surface area contributed by atoms with Crippen LogP contribution in [0.25, 0.3) is 0 Å². The van der Waals surface area contributed by atoms with Crippen LogP contribution in [0.1, 0.15) is 33.3 Å². The van der Waals surface area contributed by atoms with Crippen LogP contribution in [0.4, 0.5) is 0 Å². The quantitative estimate of drug-likeness (QED) is 0.652. The molecule has 0 heterocycles. The van der Waals surface area contributed by atoms with Crippen molar-refractivity contribution in [3.63, 3.8) is 0 Å². The SMILES string of the molecule is COc1cc(Br)c(CCN(C)C(C)C(=O)OC(C)(C)C)cc1OC. The van der Waals surface area contributed by atoms with Gasteiger partial charge in [0, 0.05) is 11.0 Å². The van der Waals surface area contributed by atoms with Crippen LogP contribution < -0.4 is 9.47 Å². The second-order valence-electron chi connectivity index (χ2n) is 6.74. The van der Waals surface area contributed by atoms with E-state index in [9.17, 15) is 4.79 Å². The van der Waals surface area contributed by atoms with E-state index in [1.807, 2.05) is 51.8 Å². The fraction of sp³-hybridized carbons (Fsp3) is 0.611. The summed E-state index contributed by atoms with van der Waals surface area (Å²) in [6.07, 6.45) is 0.768. The number of likely N-dealkylation sites (N-methyl/N-ethyl adjacent to an activating group) is 1. The van der Waals surface area contributed by atoms with Crippen molar-refractivity contribution in [1.82, 2.24) is 4.90 Å². The van der Waals surface area contributed by atoms with Crippen molar-refractivity contribution in [3.8, 4) is 11.5 Å². The average molecular weight is 402 g/mol. The molecule has 0 N–H and O–H groups in total. The third-order valence-corrected chi connectivity index (χ3v) is 4.43. The van der Waals surface area contributed by atoms with E-state index in [0.29, 0.717) is 18.0 Å². The van der Waals surface area contributed by atoms with Crippen molar-refractivity contribution in [2.24, 2.45) is 0 Å². The predicted octanol–water partition coefficient (Wildman–Crippen LogP) is 3.67. The van der Waals surface area contributed by atoms with Gasteiger partial charge in [-0.15, -0.1) is 0 Å². The first-order chi connectivity index (χ1) is 11.1. The predicted molar refractivity (Wildman–Crippen MR) is 98.9 cm³/mol. The van der Waals surface area contributed by atoms with Gasteiger partial charge in [-0.3, -0.25) is 9.69 Å². The molecule has 1 aromatic rings. The molecule has 1 aromatic carbocycles. The summed E-state index contributed by atoms with van der Waals surface area (Å²) < 4.78 is 17.0. The number of methoxy groups -OCH3 is 2. The molecule has 5 nitrogen and oxygen atoms in total. The zero-order valence-electron chi connectivity index (χ0n) is 15.6. The number of benzene rings is 1. The van der Waals surface area contributed by atoms with Crippen LogP contribution in [-0.4, -0.2) is 50.3 Å². The molecule has 1 atom stereocenters. The molecule has 0 aromatic heterocycles. The first kappa shape index (κ1) is 20.8. The molecule has 0 fully saturated rings. The van der Waals surface area contributed by atoms with Gasteiger partial charge in [0.15, 0.2) is 11.5 Å². The van der Waals surface area contributed by atoms with Gasteiger partial charge in [-0.1, -0.05) is 15.9 Å². The van der Waals surface area contributed by atoms with E-state index in [1.54, 1.807) is 14.2 Å². The summed E-state index contributed by atoms with van der Waals surface area (Å²) in [5.74, 6) is 1.17. The standard InChI is InChI=1S/C18H28BrNO4/c1-12(17(21)24-18(2,3)4)20(5)9-8-13-10-15(22-6)16(23-7)11-14(13)19/h10-12H,8-9H2,1-7H3. The largest absolute Gasteiger partial charge is 0.493 e. The number of carbonyl (C=O) groups excluding carboxylic acids is 1. The maximum atomic E-state index is 12.2.